The quantitative estimate of drug-likeness (QED) is 0.626. The van der Waals surface area contributed by atoms with Crippen molar-refractivity contribution >= 4 is 21.6 Å². The second kappa shape index (κ2) is 4.36. The average molecular weight is 280 g/mol. The van der Waals surface area contributed by atoms with E-state index in [1.54, 1.807) is 0 Å². The fourth-order valence-electron chi connectivity index (χ4n) is 1.16. The molecule has 2 rings (SSSR count). The van der Waals surface area contributed by atoms with Gasteiger partial charge in [0.15, 0.2) is 5.82 Å². The Balaban J connectivity index is 2.34. The van der Waals surface area contributed by atoms with Crippen LogP contribution in [-0.4, -0.2) is 14.9 Å². The summed E-state index contributed by atoms with van der Waals surface area (Å²) in [5.41, 5.74) is 0.707. The molecule has 80 valence electrons. The van der Waals surface area contributed by atoms with Crippen molar-refractivity contribution in [2.45, 2.75) is 0 Å². The Hall–Kier alpha value is -1.82. The molecule has 0 saturated heterocycles. The Kier molecular flexibility index (Phi) is 2.91. The number of rotatable bonds is 2. The predicted octanol–water partition coefficient (Wildman–Crippen LogP) is 2.81. The van der Waals surface area contributed by atoms with Gasteiger partial charge in [-0.3, -0.25) is 10.1 Å². The molecule has 5 nitrogen and oxygen atoms in total. The summed E-state index contributed by atoms with van der Waals surface area (Å²) in [6.07, 6.45) is 2.40. The molecule has 0 unspecified atom stereocenters. The van der Waals surface area contributed by atoms with E-state index in [9.17, 15) is 10.1 Å². The van der Waals surface area contributed by atoms with Crippen LogP contribution in [0.25, 0.3) is 11.4 Å². The first-order valence-electron chi connectivity index (χ1n) is 4.39. The average Bonchev–Trinajstić information content (AvgIpc) is 2.30. The van der Waals surface area contributed by atoms with Crippen molar-refractivity contribution in [1.29, 1.82) is 0 Å². The number of nitrogens with zero attached hydrogens (tertiary/aromatic N) is 3. The van der Waals surface area contributed by atoms with Crippen LogP contribution in [0, 0.1) is 10.1 Å². The fourth-order valence-corrected chi connectivity index (χ4v) is 1.43. The Labute approximate surface area is 99.4 Å². The van der Waals surface area contributed by atoms with Crippen LogP contribution in [0.1, 0.15) is 0 Å². The molecular formula is C10H6BrN3O2. The minimum absolute atomic E-state index is 0.110. The third-order valence-corrected chi connectivity index (χ3v) is 2.48. The van der Waals surface area contributed by atoms with E-state index in [1.807, 2.05) is 24.3 Å². The van der Waals surface area contributed by atoms with E-state index in [4.69, 9.17) is 0 Å². The van der Waals surface area contributed by atoms with Crippen molar-refractivity contribution in [3.05, 3.63) is 51.2 Å². The molecule has 1 aromatic carbocycles. The zero-order chi connectivity index (χ0) is 11.5. The molecule has 1 heterocycles. The third-order valence-electron chi connectivity index (χ3n) is 1.95. The standard InChI is InChI=1S/C10H6BrN3O2/c11-8-3-1-7(2-4-8)10-12-5-9(6-13-10)14(15)16/h1-6H. The summed E-state index contributed by atoms with van der Waals surface area (Å²) >= 11 is 3.32. The lowest BCUT2D eigenvalue weighted by Gasteiger charge is -1.98. The summed E-state index contributed by atoms with van der Waals surface area (Å²) < 4.78 is 0.957. The van der Waals surface area contributed by atoms with E-state index >= 15 is 0 Å². The number of hydrogen-bond acceptors (Lipinski definition) is 4. The normalized spacial score (nSPS) is 10.1. The molecule has 0 bridgehead atoms. The van der Waals surface area contributed by atoms with E-state index in [0.717, 1.165) is 10.0 Å². The predicted molar refractivity (Wildman–Crippen MR) is 61.8 cm³/mol. The summed E-state index contributed by atoms with van der Waals surface area (Å²) in [5.74, 6) is 0.470. The van der Waals surface area contributed by atoms with Gasteiger partial charge < -0.3 is 0 Å². The maximum atomic E-state index is 10.4. The van der Waals surface area contributed by atoms with Crippen LogP contribution in [0.15, 0.2) is 41.1 Å². The highest BCUT2D eigenvalue weighted by molar-refractivity contribution is 9.10. The lowest BCUT2D eigenvalue weighted by molar-refractivity contribution is -0.385. The van der Waals surface area contributed by atoms with Crippen molar-refractivity contribution in [3.63, 3.8) is 0 Å². The van der Waals surface area contributed by atoms with Gasteiger partial charge in [-0.25, -0.2) is 9.97 Å². The smallest absolute Gasteiger partial charge is 0.258 e. The van der Waals surface area contributed by atoms with Crippen LogP contribution in [0.4, 0.5) is 5.69 Å². The van der Waals surface area contributed by atoms with Crippen molar-refractivity contribution in [1.82, 2.24) is 9.97 Å². The summed E-state index contributed by atoms with van der Waals surface area (Å²) in [4.78, 5) is 17.8. The van der Waals surface area contributed by atoms with Gasteiger partial charge in [0.05, 0.1) is 4.92 Å². The molecule has 0 aliphatic carbocycles. The number of hydrogen-bond donors (Lipinski definition) is 0. The first-order chi connectivity index (χ1) is 7.66. The molecule has 0 atom stereocenters. The maximum Gasteiger partial charge on any atom is 0.305 e. The van der Waals surface area contributed by atoms with Crippen molar-refractivity contribution in [2.75, 3.05) is 0 Å². The summed E-state index contributed by atoms with van der Waals surface area (Å²) in [7, 11) is 0. The zero-order valence-corrected chi connectivity index (χ0v) is 9.59. The van der Waals surface area contributed by atoms with Gasteiger partial charge in [0.25, 0.3) is 0 Å². The summed E-state index contributed by atoms with van der Waals surface area (Å²) in [6.45, 7) is 0. The van der Waals surface area contributed by atoms with E-state index in [2.05, 4.69) is 25.9 Å². The molecular weight excluding hydrogens is 274 g/mol. The lowest BCUT2D eigenvalue weighted by atomic mass is 10.2. The molecule has 0 fully saturated rings. The highest BCUT2D eigenvalue weighted by Gasteiger charge is 2.07. The number of aromatic nitrogens is 2. The number of halogens is 1. The molecule has 0 radical (unpaired) electrons. The van der Waals surface area contributed by atoms with E-state index in [0.29, 0.717) is 5.82 Å². The Morgan fingerprint density at radius 2 is 1.69 bits per heavy atom. The minimum Gasteiger partial charge on any atom is -0.258 e. The van der Waals surface area contributed by atoms with Gasteiger partial charge in [-0.1, -0.05) is 28.1 Å². The monoisotopic (exact) mass is 279 g/mol. The van der Waals surface area contributed by atoms with Crippen LogP contribution in [0.5, 0.6) is 0 Å². The Bertz CT molecular complexity index is 511. The van der Waals surface area contributed by atoms with E-state index < -0.39 is 4.92 Å². The van der Waals surface area contributed by atoms with Gasteiger partial charge in [0, 0.05) is 10.0 Å². The van der Waals surface area contributed by atoms with E-state index in [1.165, 1.54) is 12.4 Å². The van der Waals surface area contributed by atoms with Crippen LogP contribution in [0.2, 0.25) is 0 Å². The SMILES string of the molecule is O=[N+]([O-])c1cnc(-c2ccc(Br)cc2)nc1. The largest absolute Gasteiger partial charge is 0.305 e. The Morgan fingerprint density at radius 3 is 2.19 bits per heavy atom. The molecule has 0 spiro atoms. The zero-order valence-electron chi connectivity index (χ0n) is 8.00. The minimum atomic E-state index is -0.522. The van der Waals surface area contributed by atoms with E-state index in [-0.39, 0.29) is 5.69 Å². The molecule has 2 aromatic rings. The lowest BCUT2D eigenvalue weighted by Crippen LogP contribution is -1.93. The molecule has 0 N–H and O–H groups in total. The van der Waals surface area contributed by atoms with Gasteiger partial charge in [-0.05, 0) is 12.1 Å². The van der Waals surface area contributed by atoms with Crippen molar-refractivity contribution in [3.8, 4) is 11.4 Å². The van der Waals surface area contributed by atoms with Gasteiger partial charge in [-0.15, -0.1) is 0 Å². The molecule has 6 heteroatoms. The molecule has 0 aliphatic heterocycles. The highest BCUT2D eigenvalue weighted by Crippen LogP contribution is 2.19. The summed E-state index contributed by atoms with van der Waals surface area (Å²) in [5, 5.41) is 10.4. The van der Waals surface area contributed by atoms with Gasteiger partial charge in [-0.2, -0.15) is 0 Å². The topological polar surface area (TPSA) is 68.9 Å². The van der Waals surface area contributed by atoms with Gasteiger partial charge >= 0.3 is 5.69 Å². The second-order valence-electron chi connectivity index (χ2n) is 3.03. The van der Waals surface area contributed by atoms with Gasteiger partial charge in [0.2, 0.25) is 0 Å². The summed E-state index contributed by atoms with van der Waals surface area (Å²) in [6, 6.07) is 7.40. The molecule has 0 saturated carbocycles. The fraction of sp³-hybridized carbons (Fsp3) is 0. The molecule has 1 aromatic heterocycles. The highest BCUT2D eigenvalue weighted by atomic mass is 79.9. The molecule has 0 aliphatic rings. The van der Waals surface area contributed by atoms with Crippen LogP contribution in [-0.2, 0) is 0 Å². The third kappa shape index (κ3) is 2.22. The van der Waals surface area contributed by atoms with Crippen molar-refractivity contribution in [2.24, 2.45) is 0 Å². The van der Waals surface area contributed by atoms with Gasteiger partial charge in [0.1, 0.15) is 12.4 Å². The van der Waals surface area contributed by atoms with Crippen LogP contribution in [0.3, 0.4) is 0 Å². The molecule has 0 amide bonds. The number of benzene rings is 1. The maximum absolute atomic E-state index is 10.4. The first-order valence-corrected chi connectivity index (χ1v) is 5.18. The first kappa shape index (κ1) is 10.7. The van der Waals surface area contributed by atoms with Crippen molar-refractivity contribution < 1.29 is 4.92 Å². The Morgan fingerprint density at radius 1 is 1.12 bits per heavy atom. The molecule has 16 heavy (non-hydrogen) atoms. The number of nitro groups is 1. The second-order valence-corrected chi connectivity index (χ2v) is 3.94. The van der Waals surface area contributed by atoms with Crippen LogP contribution >= 0.6 is 15.9 Å². The van der Waals surface area contributed by atoms with Crippen LogP contribution < -0.4 is 0 Å².